The van der Waals surface area contributed by atoms with Gasteiger partial charge in [-0.3, -0.25) is 14.7 Å². The van der Waals surface area contributed by atoms with Gasteiger partial charge < -0.3 is 4.90 Å². The Morgan fingerprint density at radius 1 is 0.333 bits per heavy atom. The molecular weight excluding hydrogens is 729 g/mol. The highest BCUT2D eigenvalue weighted by atomic mass is 15.2. The van der Waals surface area contributed by atoms with Gasteiger partial charge >= 0.3 is 0 Å². The molecule has 4 aliphatic heterocycles. The maximum absolute atomic E-state index is 2.55. The molecule has 0 aliphatic carbocycles. The van der Waals surface area contributed by atoms with Gasteiger partial charge in [0, 0.05) is 74.2 Å². The van der Waals surface area contributed by atoms with E-state index in [0.29, 0.717) is 11.1 Å². The zero-order chi connectivity index (χ0) is 43.3. The summed E-state index contributed by atoms with van der Waals surface area (Å²) in [5.74, 6) is 0. The van der Waals surface area contributed by atoms with Gasteiger partial charge in [-0.05, 0) is 151 Å². The van der Waals surface area contributed by atoms with Gasteiger partial charge in [-0.2, -0.15) is 0 Å². The molecule has 60 heavy (non-hydrogen) atoms. The molecule has 4 heterocycles. The topological polar surface area (TPSA) is 13.0 Å². The van der Waals surface area contributed by atoms with Crippen molar-refractivity contribution in [2.24, 2.45) is 0 Å². The van der Waals surface area contributed by atoms with E-state index in [9.17, 15) is 0 Å². The fraction of sp³-hybridized carbons (Fsp3) is 0.429. The van der Waals surface area contributed by atoms with Crippen LogP contribution < -0.4 is 0 Å². The summed E-state index contributed by atoms with van der Waals surface area (Å²) >= 11 is 0. The smallest absolute Gasteiger partial charge is 0.0435 e. The summed E-state index contributed by atoms with van der Waals surface area (Å²) in [7, 11) is 0. The van der Waals surface area contributed by atoms with Crippen LogP contribution >= 0.6 is 0 Å². The van der Waals surface area contributed by atoms with E-state index in [1.165, 1.54) is 68.6 Å². The summed E-state index contributed by atoms with van der Waals surface area (Å²) in [6, 6.07) is 43.7. The molecule has 4 nitrogen and oxygen atoms in total. The van der Waals surface area contributed by atoms with E-state index < -0.39 is 0 Å². The van der Waals surface area contributed by atoms with Crippen LogP contribution in [-0.4, -0.2) is 48.3 Å². The number of hydrogen-bond acceptors (Lipinski definition) is 4. The average molecular weight is 803 g/mol. The van der Waals surface area contributed by atoms with Gasteiger partial charge in [0.05, 0.1) is 0 Å². The number of hydrogen-bond donors (Lipinski definition) is 0. The van der Waals surface area contributed by atoms with E-state index >= 15 is 0 Å². The molecule has 4 heteroatoms. The summed E-state index contributed by atoms with van der Waals surface area (Å²) in [6.45, 7) is 34.9. The van der Waals surface area contributed by atoms with E-state index in [4.69, 9.17) is 0 Å². The molecule has 0 N–H and O–H groups in total. The Kier molecular flexibility index (Phi) is 14.0. The second-order valence-electron chi connectivity index (χ2n) is 21.1. The van der Waals surface area contributed by atoms with E-state index in [0.717, 1.165) is 39.3 Å². The number of fused-ring (bicyclic) bond motifs is 6. The third-order valence-electron chi connectivity index (χ3n) is 12.6. The monoisotopic (exact) mass is 803 g/mol. The maximum Gasteiger partial charge on any atom is 0.0435 e. The molecule has 0 spiro atoms. The number of nitrogens with zero attached hydrogens (tertiary/aromatic N) is 4. The Balaban J connectivity index is 0.000000136. The van der Waals surface area contributed by atoms with Crippen LogP contribution in [0.3, 0.4) is 0 Å². The van der Waals surface area contributed by atoms with Crippen LogP contribution in [0.1, 0.15) is 128 Å². The zero-order valence-electron chi connectivity index (χ0n) is 39.1. The summed E-state index contributed by atoms with van der Waals surface area (Å²) in [6.07, 6.45) is 5.60. The SMILES string of the molecule is CC(C)(C)N1C=Cc2ccccc2C1.CC(C)(C)N1CCc2ccccc2C1.CC(C)(C)N1Cc2ccccc2-c2ccccc2C1.CC(C)(C)N1Cc2ccccc2C1. The Labute approximate surface area is 364 Å². The molecule has 0 aromatic heterocycles. The van der Waals surface area contributed by atoms with Gasteiger partial charge in [0.1, 0.15) is 0 Å². The first-order valence-corrected chi connectivity index (χ1v) is 22.3. The van der Waals surface area contributed by atoms with Crippen molar-refractivity contribution in [3.05, 3.63) is 172 Å². The minimum Gasteiger partial charge on any atom is -0.368 e. The van der Waals surface area contributed by atoms with Crippen molar-refractivity contribution in [2.75, 3.05) is 6.54 Å². The second kappa shape index (κ2) is 18.6. The molecule has 4 aliphatic rings. The molecule has 0 bridgehead atoms. The lowest BCUT2D eigenvalue weighted by molar-refractivity contribution is 0.120. The van der Waals surface area contributed by atoms with Crippen LogP contribution in [0, 0.1) is 0 Å². The zero-order valence-corrected chi connectivity index (χ0v) is 39.1. The van der Waals surface area contributed by atoms with E-state index in [-0.39, 0.29) is 11.1 Å². The first kappa shape index (κ1) is 45.1. The van der Waals surface area contributed by atoms with Crippen molar-refractivity contribution in [3.8, 4) is 11.1 Å². The number of benzene rings is 5. The van der Waals surface area contributed by atoms with Gasteiger partial charge in [-0.1, -0.05) is 121 Å². The Hall–Kier alpha value is -4.48. The third kappa shape index (κ3) is 11.7. The summed E-state index contributed by atoms with van der Waals surface area (Å²) in [5, 5.41) is 0. The first-order valence-electron chi connectivity index (χ1n) is 22.3. The van der Waals surface area contributed by atoms with Crippen molar-refractivity contribution < 1.29 is 0 Å². The molecule has 0 amide bonds. The fourth-order valence-corrected chi connectivity index (χ4v) is 8.37. The average Bonchev–Trinajstić information content (AvgIpc) is 3.58. The highest BCUT2D eigenvalue weighted by Crippen LogP contribution is 2.35. The van der Waals surface area contributed by atoms with E-state index in [1.54, 1.807) is 0 Å². The predicted molar refractivity (Wildman–Crippen MR) is 257 cm³/mol. The largest absolute Gasteiger partial charge is 0.368 e. The van der Waals surface area contributed by atoms with Crippen molar-refractivity contribution in [1.29, 1.82) is 0 Å². The first-order chi connectivity index (χ1) is 28.3. The number of rotatable bonds is 0. The van der Waals surface area contributed by atoms with Crippen LogP contribution in [0.5, 0.6) is 0 Å². The lowest BCUT2D eigenvalue weighted by Gasteiger charge is -2.39. The fourth-order valence-electron chi connectivity index (χ4n) is 8.37. The summed E-state index contributed by atoms with van der Waals surface area (Å²) in [5.41, 5.74) is 15.5. The van der Waals surface area contributed by atoms with Gasteiger partial charge in [0.25, 0.3) is 0 Å². The van der Waals surface area contributed by atoms with Gasteiger partial charge in [0.15, 0.2) is 0 Å². The molecule has 0 fully saturated rings. The van der Waals surface area contributed by atoms with Crippen LogP contribution in [0.4, 0.5) is 0 Å². The van der Waals surface area contributed by atoms with Crippen molar-refractivity contribution in [3.63, 3.8) is 0 Å². The van der Waals surface area contributed by atoms with Crippen molar-refractivity contribution >= 4 is 6.08 Å². The second-order valence-corrected chi connectivity index (χ2v) is 21.1. The molecule has 0 atom stereocenters. The highest BCUT2D eigenvalue weighted by Gasteiger charge is 2.29. The van der Waals surface area contributed by atoms with Crippen LogP contribution in [0.15, 0.2) is 128 Å². The Bertz CT molecular complexity index is 2130. The molecule has 0 radical (unpaired) electrons. The minimum absolute atomic E-state index is 0.185. The molecule has 0 saturated heterocycles. The van der Waals surface area contributed by atoms with Gasteiger partial charge in [-0.25, -0.2) is 0 Å². The lowest BCUT2D eigenvalue weighted by atomic mass is 9.95. The van der Waals surface area contributed by atoms with Gasteiger partial charge in [-0.15, -0.1) is 0 Å². The van der Waals surface area contributed by atoms with Crippen molar-refractivity contribution in [2.45, 2.75) is 151 Å². The standard InChI is InChI=1S/C18H21N.C13H19N.C13H17N.C12H17N/c1-18(2,3)19-12-14-8-4-6-10-16(14)17-11-7-5-9-15(17)13-19;2*1-13(2,3)14-9-8-11-6-4-5-7-12(11)10-14;1-12(2,3)13-8-10-6-4-5-7-11(10)9-13/h4-11H,12-13H2,1-3H3;4-7H,8-10H2,1-3H3;4-9H,10H2,1-3H3;4-7H,8-9H2,1-3H3. The molecule has 318 valence electrons. The summed E-state index contributed by atoms with van der Waals surface area (Å²) in [4.78, 5) is 9.99. The quantitative estimate of drug-likeness (QED) is 0.155. The predicted octanol–water partition coefficient (Wildman–Crippen LogP) is 13.4. The van der Waals surface area contributed by atoms with E-state index in [2.05, 4.69) is 236 Å². The lowest BCUT2D eigenvalue weighted by Crippen LogP contribution is -2.44. The maximum atomic E-state index is 2.55. The molecule has 5 aromatic rings. The molecule has 5 aromatic carbocycles. The van der Waals surface area contributed by atoms with E-state index in [1.807, 2.05) is 0 Å². The summed E-state index contributed by atoms with van der Waals surface area (Å²) < 4.78 is 0. The van der Waals surface area contributed by atoms with Crippen molar-refractivity contribution in [1.82, 2.24) is 19.6 Å². The van der Waals surface area contributed by atoms with Crippen LogP contribution in [0.2, 0.25) is 0 Å². The highest BCUT2D eigenvalue weighted by molar-refractivity contribution is 5.71. The molecule has 0 saturated carbocycles. The van der Waals surface area contributed by atoms with Gasteiger partial charge in [0.2, 0.25) is 0 Å². The molecule has 0 unspecified atom stereocenters. The molecular formula is C56H74N4. The minimum atomic E-state index is 0.185. The van der Waals surface area contributed by atoms with Crippen LogP contribution in [-0.2, 0) is 45.7 Å². The Morgan fingerprint density at radius 2 is 0.683 bits per heavy atom. The third-order valence-corrected chi connectivity index (χ3v) is 12.6. The van der Waals surface area contributed by atoms with Crippen LogP contribution in [0.25, 0.3) is 17.2 Å². The Morgan fingerprint density at radius 3 is 1.13 bits per heavy atom. The normalized spacial score (nSPS) is 16.5. The molecule has 9 rings (SSSR count).